The first kappa shape index (κ1) is 13.4. The molecule has 0 bridgehead atoms. The molecular weight excluding hydrogens is 218 g/mol. The zero-order chi connectivity index (χ0) is 12.8. The SMILES string of the molecule is CCN(CC)C(=O)C(C)Oc1ccccc1O. The number of hydrogen-bond acceptors (Lipinski definition) is 3. The number of carbonyl (C=O) groups excluding carboxylic acids is 1. The van der Waals surface area contributed by atoms with Gasteiger partial charge in [0.1, 0.15) is 0 Å². The van der Waals surface area contributed by atoms with Crippen LogP contribution in [0.2, 0.25) is 0 Å². The lowest BCUT2D eigenvalue weighted by molar-refractivity contribution is -0.137. The molecule has 1 aromatic carbocycles. The number of likely N-dealkylation sites (N-methyl/N-ethyl adjacent to an activating group) is 1. The maximum Gasteiger partial charge on any atom is 0.263 e. The zero-order valence-corrected chi connectivity index (χ0v) is 10.5. The average Bonchev–Trinajstić information content (AvgIpc) is 2.33. The molecule has 1 N–H and O–H groups in total. The van der Waals surface area contributed by atoms with Crippen molar-refractivity contribution in [1.29, 1.82) is 0 Å². The van der Waals surface area contributed by atoms with Crippen LogP contribution < -0.4 is 4.74 Å². The van der Waals surface area contributed by atoms with Crippen molar-refractivity contribution in [2.45, 2.75) is 26.9 Å². The Labute approximate surface area is 102 Å². The molecule has 0 aromatic heterocycles. The molecule has 17 heavy (non-hydrogen) atoms. The third-order valence-corrected chi connectivity index (χ3v) is 2.59. The van der Waals surface area contributed by atoms with Crippen LogP contribution in [0.15, 0.2) is 24.3 Å². The molecule has 1 rings (SSSR count). The number of rotatable bonds is 5. The van der Waals surface area contributed by atoms with Crippen LogP contribution in [0.5, 0.6) is 11.5 Å². The highest BCUT2D eigenvalue weighted by Crippen LogP contribution is 2.25. The van der Waals surface area contributed by atoms with E-state index in [2.05, 4.69) is 0 Å². The van der Waals surface area contributed by atoms with E-state index in [0.29, 0.717) is 18.8 Å². The van der Waals surface area contributed by atoms with Crippen molar-refractivity contribution in [2.24, 2.45) is 0 Å². The van der Waals surface area contributed by atoms with Gasteiger partial charge in [0.2, 0.25) is 0 Å². The first-order valence-corrected chi connectivity index (χ1v) is 5.83. The Balaban J connectivity index is 2.69. The van der Waals surface area contributed by atoms with Gasteiger partial charge < -0.3 is 14.7 Å². The van der Waals surface area contributed by atoms with Gasteiger partial charge in [0, 0.05) is 13.1 Å². The van der Waals surface area contributed by atoms with E-state index < -0.39 is 6.10 Å². The third kappa shape index (κ3) is 3.37. The number of benzene rings is 1. The van der Waals surface area contributed by atoms with Gasteiger partial charge in [-0.3, -0.25) is 4.79 Å². The summed E-state index contributed by atoms with van der Waals surface area (Å²) in [5.41, 5.74) is 0. The van der Waals surface area contributed by atoms with Gasteiger partial charge in [-0.15, -0.1) is 0 Å². The van der Waals surface area contributed by atoms with Crippen LogP contribution in [0.4, 0.5) is 0 Å². The van der Waals surface area contributed by atoms with Crippen molar-refractivity contribution in [3.63, 3.8) is 0 Å². The van der Waals surface area contributed by atoms with Crippen molar-refractivity contribution in [1.82, 2.24) is 4.90 Å². The number of amides is 1. The summed E-state index contributed by atoms with van der Waals surface area (Å²) in [7, 11) is 0. The summed E-state index contributed by atoms with van der Waals surface area (Å²) in [6.07, 6.45) is -0.594. The Hall–Kier alpha value is -1.71. The molecule has 1 unspecified atom stereocenters. The molecule has 1 aromatic rings. The minimum Gasteiger partial charge on any atom is -0.504 e. The van der Waals surface area contributed by atoms with E-state index in [1.165, 1.54) is 6.07 Å². The maximum absolute atomic E-state index is 11.9. The second-order valence-corrected chi connectivity index (χ2v) is 3.74. The van der Waals surface area contributed by atoms with E-state index in [1.807, 2.05) is 13.8 Å². The molecule has 4 heteroatoms. The number of carbonyl (C=O) groups is 1. The zero-order valence-electron chi connectivity index (χ0n) is 10.5. The molecule has 1 amide bonds. The van der Waals surface area contributed by atoms with Gasteiger partial charge in [0.05, 0.1) is 0 Å². The Morgan fingerprint density at radius 2 is 1.94 bits per heavy atom. The number of para-hydroxylation sites is 2. The lowest BCUT2D eigenvalue weighted by Gasteiger charge is -2.23. The molecule has 1 atom stereocenters. The molecular formula is C13H19NO3. The quantitative estimate of drug-likeness (QED) is 0.852. The van der Waals surface area contributed by atoms with E-state index >= 15 is 0 Å². The number of phenols is 1. The molecule has 0 aliphatic rings. The molecule has 0 radical (unpaired) electrons. The first-order chi connectivity index (χ1) is 8.10. The summed E-state index contributed by atoms with van der Waals surface area (Å²) in [6.45, 7) is 6.85. The second-order valence-electron chi connectivity index (χ2n) is 3.74. The van der Waals surface area contributed by atoms with Gasteiger partial charge in [-0.05, 0) is 32.9 Å². The Kier molecular flexibility index (Phi) is 4.82. The van der Waals surface area contributed by atoms with Gasteiger partial charge in [-0.25, -0.2) is 0 Å². The second kappa shape index (κ2) is 6.13. The van der Waals surface area contributed by atoms with Crippen molar-refractivity contribution >= 4 is 5.91 Å². The maximum atomic E-state index is 11.9. The molecule has 4 nitrogen and oxygen atoms in total. The predicted octanol–water partition coefficient (Wildman–Crippen LogP) is 2.03. The molecule has 0 saturated heterocycles. The average molecular weight is 237 g/mol. The smallest absolute Gasteiger partial charge is 0.263 e. The summed E-state index contributed by atoms with van der Waals surface area (Å²) < 4.78 is 5.45. The van der Waals surface area contributed by atoms with Crippen LogP contribution in [-0.2, 0) is 4.79 Å². The molecule has 0 aliphatic carbocycles. The van der Waals surface area contributed by atoms with Crippen molar-refractivity contribution in [3.05, 3.63) is 24.3 Å². The van der Waals surface area contributed by atoms with E-state index in [9.17, 15) is 9.90 Å². The normalized spacial score (nSPS) is 11.9. The van der Waals surface area contributed by atoms with Gasteiger partial charge in [0.15, 0.2) is 17.6 Å². The fourth-order valence-electron chi connectivity index (χ4n) is 1.59. The Morgan fingerprint density at radius 1 is 1.35 bits per heavy atom. The molecule has 0 heterocycles. The fraction of sp³-hybridized carbons (Fsp3) is 0.462. The Bertz CT molecular complexity index is 375. The van der Waals surface area contributed by atoms with Gasteiger partial charge in [-0.2, -0.15) is 0 Å². The summed E-state index contributed by atoms with van der Waals surface area (Å²) in [4.78, 5) is 13.6. The van der Waals surface area contributed by atoms with E-state index in [1.54, 1.807) is 30.0 Å². The number of ether oxygens (including phenoxy) is 1. The highest BCUT2D eigenvalue weighted by atomic mass is 16.5. The standard InChI is InChI=1S/C13H19NO3/c1-4-14(5-2)13(16)10(3)17-12-9-7-6-8-11(12)15/h6-10,15H,4-5H2,1-3H3. The largest absolute Gasteiger partial charge is 0.504 e. The van der Waals surface area contributed by atoms with Crippen LogP contribution in [0, 0.1) is 0 Å². The molecule has 94 valence electrons. The van der Waals surface area contributed by atoms with E-state index in [0.717, 1.165) is 0 Å². The molecule has 0 aliphatic heterocycles. The van der Waals surface area contributed by atoms with Crippen LogP contribution in [0.3, 0.4) is 0 Å². The van der Waals surface area contributed by atoms with Gasteiger partial charge in [0.25, 0.3) is 5.91 Å². The third-order valence-electron chi connectivity index (χ3n) is 2.59. The highest BCUT2D eigenvalue weighted by molar-refractivity contribution is 5.80. The predicted molar refractivity (Wildman–Crippen MR) is 66.1 cm³/mol. The summed E-state index contributed by atoms with van der Waals surface area (Å²) >= 11 is 0. The first-order valence-electron chi connectivity index (χ1n) is 5.83. The molecule has 0 saturated carbocycles. The minimum absolute atomic E-state index is 0.0479. The van der Waals surface area contributed by atoms with E-state index in [4.69, 9.17) is 4.74 Å². The lowest BCUT2D eigenvalue weighted by Crippen LogP contribution is -2.40. The molecule has 0 spiro atoms. The van der Waals surface area contributed by atoms with Crippen LogP contribution >= 0.6 is 0 Å². The number of hydrogen-bond donors (Lipinski definition) is 1. The summed E-state index contributed by atoms with van der Waals surface area (Å²) in [6, 6.07) is 6.63. The van der Waals surface area contributed by atoms with E-state index in [-0.39, 0.29) is 11.7 Å². The van der Waals surface area contributed by atoms with Crippen molar-refractivity contribution in [2.75, 3.05) is 13.1 Å². The number of aromatic hydroxyl groups is 1. The van der Waals surface area contributed by atoms with Crippen LogP contribution in [0.1, 0.15) is 20.8 Å². The topological polar surface area (TPSA) is 49.8 Å². The summed E-state index contributed by atoms with van der Waals surface area (Å²) in [5.74, 6) is 0.311. The fourth-order valence-corrected chi connectivity index (χ4v) is 1.59. The van der Waals surface area contributed by atoms with Gasteiger partial charge in [-0.1, -0.05) is 12.1 Å². The summed E-state index contributed by atoms with van der Waals surface area (Å²) in [5, 5.41) is 9.54. The lowest BCUT2D eigenvalue weighted by atomic mass is 10.3. The van der Waals surface area contributed by atoms with Crippen LogP contribution in [0.25, 0.3) is 0 Å². The number of phenolic OH excluding ortho intramolecular Hbond substituents is 1. The Morgan fingerprint density at radius 3 is 2.47 bits per heavy atom. The van der Waals surface area contributed by atoms with Crippen LogP contribution in [-0.4, -0.2) is 35.1 Å². The van der Waals surface area contributed by atoms with Crippen molar-refractivity contribution < 1.29 is 14.6 Å². The minimum atomic E-state index is -0.594. The van der Waals surface area contributed by atoms with Gasteiger partial charge >= 0.3 is 0 Å². The molecule has 0 fully saturated rings. The monoisotopic (exact) mass is 237 g/mol. The number of nitrogens with zero attached hydrogens (tertiary/aromatic N) is 1. The van der Waals surface area contributed by atoms with Crippen molar-refractivity contribution in [3.8, 4) is 11.5 Å². The highest BCUT2D eigenvalue weighted by Gasteiger charge is 2.20.